The summed E-state index contributed by atoms with van der Waals surface area (Å²) in [6, 6.07) is 5.84. The monoisotopic (exact) mass is 443 g/mol. The second-order valence-corrected chi connectivity index (χ2v) is 10.0. The Morgan fingerprint density at radius 2 is 1.83 bits per heavy atom. The van der Waals surface area contributed by atoms with Gasteiger partial charge in [-0.15, -0.1) is 0 Å². The van der Waals surface area contributed by atoms with Crippen LogP contribution in [0.3, 0.4) is 0 Å². The van der Waals surface area contributed by atoms with Crippen LogP contribution in [0.4, 0.5) is 8.78 Å². The molecule has 1 aromatic carbocycles. The summed E-state index contributed by atoms with van der Waals surface area (Å²) in [5.74, 6) is -2.66. The molecule has 10 heteroatoms. The zero-order valence-corrected chi connectivity index (χ0v) is 18.0. The number of carbonyl (C=O) groups is 1. The van der Waals surface area contributed by atoms with E-state index in [4.69, 9.17) is 9.05 Å². The SMILES string of the molecule is CC1=C(C(=O)O)C(c2ccccc2OC(F)F)C(P2(=O)OCC(C)(C)CO2)=C(C)N1. The summed E-state index contributed by atoms with van der Waals surface area (Å²) >= 11 is 0. The van der Waals surface area contributed by atoms with Gasteiger partial charge in [-0.2, -0.15) is 8.78 Å². The van der Waals surface area contributed by atoms with Crippen LogP contribution in [0.2, 0.25) is 0 Å². The van der Waals surface area contributed by atoms with E-state index in [1.807, 2.05) is 13.8 Å². The molecule has 2 aliphatic heterocycles. The van der Waals surface area contributed by atoms with E-state index in [0.717, 1.165) is 0 Å². The fraction of sp³-hybridized carbons (Fsp3) is 0.450. The lowest BCUT2D eigenvalue weighted by Crippen LogP contribution is -2.33. The van der Waals surface area contributed by atoms with Crippen molar-refractivity contribution in [2.45, 2.75) is 40.2 Å². The second kappa shape index (κ2) is 8.13. The molecule has 1 atom stereocenters. The number of hydrogen-bond donors (Lipinski definition) is 2. The van der Waals surface area contributed by atoms with Crippen LogP contribution < -0.4 is 10.1 Å². The highest BCUT2D eigenvalue weighted by Gasteiger charge is 2.48. The Morgan fingerprint density at radius 3 is 2.40 bits per heavy atom. The Morgan fingerprint density at radius 1 is 1.23 bits per heavy atom. The van der Waals surface area contributed by atoms with E-state index < -0.39 is 26.1 Å². The number of hydrogen-bond acceptors (Lipinski definition) is 6. The van der Waals surface area contributed by atoms with E-state index in [2.05, 4.69) is 10.1 Å². The standard InChI is InChI=1S/C20H24F2NO6P/c1-11-15(18(24)25)16(13-7-5-6-8-14(13)29-19(21)22)17(12(2)23-11)30(26)27-9-20(3,4)10-28-30/h5-8,16,19,23H,9-10H2,1-4H3,(H,24,25). The number of rotatable bonds is 5. The minimum Gasteiger partial charge on any atom is -0.478 e. The molecule has 2 aliphatic rings. The van der Waals surface area contributed by atoms with E-state index in [-0.39, 0.29) is 40.8 Å². The number of dihydropyridines is 1. The molecule has 7 nitrogen and oxygen atoms in total. The Balaban J connectivity index is 2.20. The molecule has 0 radical (unpaired) electrons. The molecule has 2 N–H and O–H groups in total. The van der Waals surface area contributed by atoms with Crippen molar-refractivity contribution < 1.29 is 37.0 Å². The molecule has 0 saturated carbocycles. The molecule has 1 fully saturated rings. The summed E-state index contributed by atoms with van der Waals surface area (Å²) in [7, 11) is -3.93. The zero-order valence-electron chi connectivity index (χ0n) is 17.1. The van der Waals surface area contributed by atoms with Crippen molar-refractivity contribution in [3.8, 4) is 5.75 Å². The lowest BCUT2D eigenvalue weighted by molar-refractivity contribution is -0.133. The molecular weight excluding hydrogens is 419 g/mol. The van der Waals surface area contributed by atoms with Crippen LogP contribution >= 0.6 is 7.60 Å². The third kappa shape index (κ3) is 4.29. The number of allylic oxidation sites excluding steroid dienone is 3. The first kappa shape index (κ1) is 22.5. The molecule has 0 amide bonds. The van der Waals surface area contributed by atoms with Crippen LogP contribution in [0, 0.1) is 5.41 Å². The normalized spacial score (nSPS) is 23.4. The Kier molecular flexibility index (Phi) is 6.09. The number of aliphatic carboxylic acids is 1. The smallest absolute Gasteiger partial charge is 0.387 e. The van der Waals surface area contributed by atoms with Gasteiger partial charge in [-0.3, -0.25) is 4.57 Å². The fourth-order valence-electron chi connectivity index (χ4n) is 3.59. The molecule has 1 unspecified atom stereocenters. The highest BCUT2D eigenvalue weighted by Crippen LogP contribution is 2.66. The van der Waals surface area contributed by atoms with Crippen molar-refractivity contribution in [1.29, 1.82) is 0 Å². The highest BCUT2D eigenvalue weighted by molar-refractivity contribution is 7.58. The van der Waals surface area contributed by atoms with Crippen LogP contribution in [0.25, 0.3) is 0 Å². The van der Waals surface area contributed by atoms with E-state index in [9.17, 15) is 23.2 Å². The number of halogens is 2. The minimum atomic E-state index is -3.93. The summed E-state index contributed by atoms with van der Waals surface area (Å²) < 4.78 is 55.7. The largest absolute Gasteiger partial charge is 0.478 e. The van der Waals surface area contributed by atoms with E-state index in [1.165, 1.54) is 18.2 Å². The number of ether oxygens (including phenoxy) is 1. The van der Waals surface area contributed by atoms with Crippen LogP contribution in [-0.4, -0.2) is 30.9 Å². The molecule has 1 saturated heterocycles. The van der Waals surface area contributed by atoms with Crippen molar-refractivity contribution in [3.63, 3.8) is 0 Å². The molecule has 0 aliphatic carbocycles. The van der Waals surface area contributed by atoms with E-state index >= 15 is 0 Å². The molecule has 0 bridgehead atoms. The van der Waals surface area contributed by atoms with Gasteiger partial charge >= 0.3 is 20.2 Å². The van der Waals surface area contributed by atoms with Gasteiger partial charge in [0.05, 0.1) is 30.0 Å². The van der Waals surface area contributed by atoms with Gasteiger partial charge in [0, 0.05) is 22.4 Å². The Labute approximate surface area is 173 Å². The predicted octanol–water partition coefficient (Wildman–Crippen LogP) is 4.83. The van der Waals surface area contributed by atoms with Gasteiger partial charge in [0.15, 0.2) is 0 Å². The van der Waals surface area contributed by atoms with Gasteiger partial charge in [0.2, 0.25) is 0 Å². The highest BCUT2D eigenvalue weighted by atomic mass is 31.2. The third-order valence-corrected chi connectivity index (χ3v) is 7.07. The molecule has 0 spiro atoms. The van der Waals surface area contributed by atoms with Crippen molar-refractivity contribution >= 4 is 13.6 Å². The lowest BCUT2D eigenvalue weighted by Gasteiger charge is -2.39. The number of para-hydroxylation sites is 1. The lowest BCUT2D eigenvalue weighted by atomic mass is 9.86. The van der Waals surface area contributed by atoms with E-state index in [0.29, 0.717) is 11.4 Å². The van der Waals surface area contributed by atoms with Crippen LogP contribution in [0.15, 0.2) is 46.5 Å². The van der Waals surface area contributed by atoms with Gasteiger partial charge in [-0.1, -0.05) is 32.0 Å². The van der Waals surface area contributed by atoms with Gasteiger partial charge in [0.25, 0.3) is 0 Å². The Bertz CT molecular complexity index is 958. The molecular formula is C20H24F2NO6P. The maximum atomic E-state index is 13.7. The fourth-order valence-corrected chi connectivity index (χ4v) is 6.04. The molecule has 30 heavy (non-hydrogen) atoms. The van der Waals surface area contributed by atoms with Crippen LogP contribution in [-0.2, 0) is 18.4 Å². The number of carboxylic acids is 1. The van der Waals surface area contributed by atoms with Crippen LogP contribution in [0.1, 0.15) is 39.2 Å². The average Bonchev–Trinajstić information content (AvgIpc) is 2.63. The zero-order chi connectivity index (χ0) is 22.3. The van der Waals surface area contributed by atoms with Gasteiger partial charge in [-0.25, -0.2) is 4.79 Å². The molecule has 0 aromatic heterocycles. The summed E-state index contributed by atoms with van der Waals surface area (Å²) in [4.78, 5) is 12.1. The number of carboxylic acid groups (broad SMARTS) is 1. The minimum absolute atomic E-state index is 0.0753. The number of alkyl halides is 2. The summed E-state index contributed by atoms with van der Waals surface area (Å²) in [5, 5.41) is 12.9. The molecule has 2 heterocycles. The van der Waals surface area contributed by atoms with Crippen molar-refractivity contribution in [2.24, 2.45) is 5.41 Å². The summed E-state index contributed by atoms with van der Waals surface area (Å²) in [6.07, 6.45) is 0. The summed E-state index contributed by atoms with van der Waals surface area (Å²) in [5.41, 5.74) is 0.297. The van der Waals surface area contributed by atoms with Crippen LogP contribution in [0.5, 0.6) is 5.75 Å². The van der Waals surface area contributed by atoms with Crippen molar-refractivity contribution in [1.82, 2.24) is 5.32 Å². The maximum absolute atomic E-state index is 13.7. The number of nitrogens with one attached hydrogen (secondary N) is 1. The van der Waals surface area contributed by atoms with Crippen molar-refractivity contribution in [2.75, 3.05) is 13.2 Å². The first-order chi connectivity index (χ1) is 13.9. The van der Waals surface area contributed by atoms with Crippen molar-refractivity contribution in [3.05, 3.63) is 52.1 Å². The van der Waals surface area contributed by atoms with Gasteiger partial charge < -0.3 is 24.2 Å². The van der Waals surface area contributed by atoms with Gasteiger partial charge in [0.1, 0.15) is 5.75 Å². The average molecular weight is 443 g/mol. The molecule has 1 aromatic rings. The topological polar surface area (TPSA) is 94.1 Å². The quantitative estimate of drug-likeness (QED) is 0.630. The molecule has 3 rings (SSSR count). The van der Waals surface area contributed by atoms with Gasteiger partial charge in [-0.05, 0) is 19.9 Å². The second-order valence-electron chi connectivity index (χ2n) is 8.04. The summed E-state index contributed by atoms with van der Waals surface area (Å²) in [6.45, 7) is 4.09. The van der Waals surface area contributed by atoms with E-state index in [1.54, 1.807) is 19.9 Å². The first-order valence-corrected chi connectivity index (χ1v) is 10.8. The maximum Gasteiger partial charge on any atom is 0.387 e. The predicted molar refractivity (Wildman–Crippen MR) is 105 cm³/mol. The molecule has 164 valence electrons. The first-order valence-electron chi connectivity index (χ1n) is 9.30. The third-order valence-electron chi connectivity index (χ3n) is 4.95. The number of benzene rings is 1. The Hall–Kier alpha value is -2.22.